The Bertz CT molecular complexity index is 2160. The molecule has 3 nitrogen and oxygen atoms in total. The van der Waals surface area contributed by atoms with E-state index < -0.39 is 0 Å². The Kier molecular flexibility index (Phi) is 4.23. The highest BCUT2D eigenvalue weighted by atomic mass is 16.3. The minimum atomic E-state index is 0.909. The summed E-state index contributed by atoms with van der Waals surface area (Å²) in [4.78, 5) is 9.75. The molecule has 0 aliphatic carbocycles. The van der Waals surface area contributed by atoms with Gasteiger partial charge in [-0.2, -0.15) is 0 Å². The minimum absolute atomic E-state index is 0.909. The molecule has 0 aliphatic heterocycles. The van der Waals surface area contributed by atoms with E-state index in [1.807, 2.05) is 24.4 Å². The Morgan fingerprint density at radius 3 is 2.08 bits per heavy atom. The van der Waals surface area contributed by atoms with Crippen LogP contribution in [0.2, 0.25) is 0 Å². The van der Waals surface area contributed by atoms with Crippen LogP contribution in [0, 0.1) is 0 Å². The third kappa shape index (κ3) is 3.08. The Hall–Kier alpha value is -5.02. The third-order valence-corrected chi connectivity index (χ3v) is 7.32. The van der Waals surface area contributed by atoms with Crippen LogP contribution < -0.4 is 0 Å². The van der Waals surface area contributed by atoms with E-state index in [2.05, 4.69) is 102 Å². The molecule has 0 unspecified atom stereocenters. The molecule has 0 radical (unpaired) electrons. The van der Waals surface area contributed by atoms with Crippen LogP contribution in [-0.2, 0) is 0 Å². The molecular formula is C34H20N2O. The van der Waals surface area contributed by atoms with Crippen molar-refractivity contribution in [2.24, 2.45) is 0 Å². The molecule has 8 rings (SSSR count). The average Bonchev–Trinajstić information content (AvgIpc) is 3.34. The number of para-hydroxylation sites is 1. The summed E-state index contributed by atoms with van der Waals surface area (Å²) in [6, 6.07) is 40.2. The molecule has 5 aromatic carbocycles. The molecule has 0 aliphatic rings. The lowest BCUT2D eigenvalue weighted by atomic mass is 9.93. The second-order valence-corrected chi connectivity index (χ2v) is 9.42. The Morgan fingerprint density at radius 1 is 0.486 bits per heavy atom. The van der Waals surface area contributed by atoms with E-state index in [1.165, 1.54) is 21.9 Å². The van der Waals surface area contributed by atoms with Crippen molar-refractivity contribution in [2.45, 2.75) is 0 Å². The average molecular weight is 473 g/mol. The van der Waals surface area contributed by atoms with E-state index in [-0.39, 0.29) is 0 Å². The van der Waals surface area contributed by atoms with Gasteiger partial charge < -0.3 is 4.42 Å². The number of hydrogen-bond acceptors (Lipinski definition) is 3. The molecule has 0 atom stereocenters. The van der Waals surface area contributed by atoms with Gasteiger partial charge in [0.25, 0.3) is 0 Å². The fourth-order valence-corrected chi connectivity index (χ4v) is 5.54. The van der Waals surface area contributed by atoms with Gasteiger partial charge in [0.15, 0.2) is 0 Å². The summed E-state index contributed by atoms with van der Waals surface area (Å²) in [5.41, 5.74) is 8.12. The van der Waals surface area contributed by atoms with E-state index in [0.717, 1.165) is 55.0 Å². The first-order chi connectivity index (χ1) is 18.3. The molecule has 172 valence electrons. The Balaban J connectivity index is 1.34. The van der Waals surface area contributed by atoms with E-state index >= 15 is 0 Å². The first-order valence-corrected chi connectivity index (χ1v) is 12.4. The highest BCUT2D eigenvalue weighted by Gasteiger charge is 2.14. The molecule has 3 heteroatoms. The predicted octanol–water partition coefficient (Wildman–Crippen LogP) is 9.17. The highest BCUT2D eigenvalue weighted by molar-refractivity contribution is 6.10. The van der Waals surface area contributed by atoms with E-state index in [1.54, 1.807) is 0 Å². The molecule has 0 spiro atoms. The van der Waals surface area contributed by atoms with Crippen LogP contribution in [0.5, 0.6) is 0 Å². The summed E-state index contributed by atoms with van der Waals surface area (Å²) < 4.78 is 6.06. The van der Waals surface area contributed by atoms with Crippen molar-refractivity contribution in [3.8, 4) is 22.4 Å². The van der Waals surface area contributed by atoms with Crippen molar-refractivity contribution in [2.75, 3.05) is 0 Å². The Morgan fingerprint density at radius 2 is 1.19 bits per heavy atom. The number of furan rings is 1. The summed E-state index contributed by atoms with van der Waals surface area (Å²) in [6.07, 6.45) is 1.83. The first-order valence-electron chi connectivity index (χ1n) is 12.4. The number of hydrogen-bond donors (Lipinski definition) is 0. The van der Waals surface area contributed by atoms with Gasteiger partial charge in [-0.15, -0.1) is 0 Å². The van der Waals surface area contributed by atoms with Gasteiger partial charge in [-0.1, -0.05) is 84.9 Å². The first kappa shape index (κ1) is 20.2. The molecule has 0 saturated carbocycles. The van der Waals surface area contributed by atoms with Gasteiger partial charge in [-0.05, 0) is 52.2 Å². The van der Waals surface area contributed by atoms with E-state index in [0.29, 0.717) is 0 Å². The monoisotopic (exact) mass is 472 g/mol. The predicted molar refractivity (Wildman–Crippen MR) is 153 cm³/mol. The van der Waals surface area contributed by atoms with Crippen LogP contribution in [-0.4, -0.2) is 9.97 Å². The Labute approximate surface area is 212 Å². The molecule has 0 fully saturated rings. The fraction of sp³-hybridized carbons (Fsp3) is 0. The van der Waals surface area contributed by atoms with Crippen molar-refractivity contribution >= 4 is 54.5 Å². The highest BCUT2D eigenvalue weighted by Crippen LogP contribution is 2.38. The van der Waals surface area contributed by atoms with Gasteiger partial charge in [-0.25, -0.2) is 4.98 Å². The fourth-order valence-electron chi connectivity index (χ4n) is 5.54. The van der Waals surface area contributed by atoms with E-state index in [4.69, 9.17) is 9.40 Å². The van der Waals surface area contributed by atoms with Gasteiger partial charge in [0, 0.05) is 33.3 Å². The molecule has 0 N–H and O–H groups in total. The van der Waals surface area contributed by atoms with Gasteiger partial charge in [-0.3, -0.25) is 4.98 Å². The maximum atomic E-state index is 6.06. The molecular weight excluding hydrogens is 452 g/mol. The van der Waals surface area contributed by atoms with Crippen molar-refractivity contribution in [1.29, 1.82) is 0 Å². The summed E-state index contributed by atoms with van der Waals surface area (Å²) in [5.74, 6) is 0. The third-order valence-electron chi connectivity index (χ3n) is 7.32. The molecule has 3 aromatic heterocycles. The van der Waals surface area contributed by atoms with Gasteiger partial charge in [0.2, 0.25) is 0 Å². The maximum absolute atomic E-state index is 6.06. The number of rotatable bonds is 2. The second kappa shape index (κ2) is 7.74. The van der Waals surface area contributed by atoms with Crippen molar-refractivity contribution in [3.63, 3.8) is 0 Å². The summed E-state index contributed by atoms with van der Waals surface area (Å²) >= 11 is 0. The summed E-state index contributed by atoms with van der Waals surface area (Å²) in [7, 11) is 0. The van der Waals surface area contributed by atoms with Crippen LogP contribution in [0.15, 0.2) is 126 Å². The smallest absolute Gasteiger partial charge is 0.135 e. The van der Waals surface area contributed by atoms with E-state index in [9.17, 15) is 0 Å². The lowest BCUT2D eigenvalue weighted by molar-refractivity contribution is 0.669. The topological polar surface area (TPSA) is 38.9 Å². The number of aromatic nitrogens is 2. The van der Waals surface area contributed by atoms with Crippen LogP contribution in [0.4, 0.5) is 0 Å². The number of benzene rings is 5. The standard InChI is InChI=1S/C34H20N2O/c1-2-8-26-25(7-1)24(23-14-18-32-29(20-23)28-9-3-4-10-31(28)37-32)15-16-27(26)30-17-13-22-12-11-21-6-5-19-35-33(21)34(22)36-30/h1-20H. The molecule has 0 saturated heterocycles. The minimum Gasteiger partial charge on any atom is -0.456 e. The largest absolute Gasteiger partial charge is 0.456 e. The lowest BCUT2D eigenvalue weighted by Crippen LogP contribution is -1.91. The zero-order valence-corrected chi connectivity index (χ0v) is 19.8. The molecule has 3 heterocycles. The zero-order valence-electron chi connectivity index (χ0n) is 19.8. The van der Waals surface area contributed by atoms with Gasteiger partial charge in [0.1, 0.15) is 11.2 Å². The SMILES string of the molecule is c1cnc2c(c1)ccc1ccc(-c3ccc(-c4ccc5oc6ccccc6c5c4)c4ccccc34)nc12. The van der Waals surface area contributed by atoms with Crippen LogP contribution in [0.3, 0.4) is 0 Å². The van der Waals surface area contributed by atoms with Gasteiger partial charge in [0.05, 0.1) is 16.7 Å². The molecule has 8 aromatic rings. The van der Waals surface area contributed by atoms with Gasteiger partial charge >= 0.3 is 0 Å². The maximum Gasteiger partial charge on any atom is 0.135 e. The normalized spacial score (nSPS) is 11.8. The number of fused-ring (bicyclic) bond motifs is 7. The van der Waals surface area contributed by atoms with Crippen molar-refractivity contribution in [3.05, 3.63) is 121 Å². The van der Waals surface area contributed by atoms with Crippen LogP contribution in [0.1, 0.15) is 0 Å². The van der Waals surface area contributed by atoms with Crippen molar-refractivity contribution in [1.82, 2.24) is 9.97 Å². The molecule has 0 amide bonds. The van der Waals surface area contributed by atoms with Crippen molar-refractivity contribution < 1.29 is 4.42 Å². The quantitative estimate of drug-likeness (QED) is 0.235. The number of pyridine rings is 2. The van der Waals surface area contributed by atoms with Crippen LogP contribution in [0.25, 0.3) is 76.9 Å². The second-order valence-electron chi connectivity index (χ2n) is 9.42. The lowest BCUT2D eigenvalue weighted by Gasteiger charge is -2.13. The summed E-state index contributed by atoms with van der Waals surface area (Å²) in [6.45, 7) is 0. The summed E-state index contributed by atoms with van der Waals surface area (Å²) in [5, 5.41) is 6.85. The molecule has 0 bridgehead atoms. The number of nitrogens with zero attached hydrogens (tertiary/aromatic N) is 2. The zero-order chi connectivity index (χ0) is 24.3. The van der Waals surface area contributed by atoms with Crippen LogP contribution >= 0.6 is 0 Å². The molecule has 37 heavy (non-hydrogen) atoms.